The summed E-state index contributed by atoms with van der Waals surface area (Å²) in [6.07, 6.45) is 0. The molecule has 0 amide bonds. The summed E-state index contributed by atoms with van der Waals surface area (Å²) < 4.78 is 5.70. The maximum Gasteiger partial charge on any atom is 0.269 e. The summed E-state index contributed by atoms with van der Waals surface area (Å²) in [5, 5.41) is 26.3. The highest BCUT2D eigenvalue weighted by atomic mass is 16.6. The van der Waals surface area contributed by atoms with Crippen molar-refractivity contribution in [1.82, 2.24) is 0 Å². The van der Waals surface area contributed by atoms with Crippen LogP contribution in [0.15, 0.2) is 76.2 Å². The number of nitro groups is 1. The third-order valence-electron chi connectivity index (χ3n) is 4.50. The Kier molecular flexibility index (Phi) is 4.33. The molecule has 138 valence electrons. The number of nitrogens with one attached hydrogen (secondary N) is 2. The van der Waals surface area contributed by atoms with Gasteiger partial charge in [0, 0.05) is 17.5 Å². The fourth-order valence-electron chi connectivity index (χ4n) is 3.02. The summed E-state index contributed by atoms with van der Waals surface area (Å²) in [6, 6.07) is 19.7. The Labute approximate surface area is 159 Å². The van der Waals surface area contributed by atoms with Crippen molar-refractivity contribution in [2.24, 2.45) is 5.10 Å². The largest absolute Gasteiger partial charge is 0.438 e. The lowest BCUT2D eigenvalue weighted by Crippen LogP contribution is -2.13. The smallest absolute Gasteiger partial charge is 0.269 e. The van der Waals surface area contributed by atoms with Crippen molar-refractivity contribution < 1.29 is 9.34 Å². The minimum atomic E-state index is -0.453. The number of fused-ring (bicyclic) bond motifs is 3. The molecule has 3 aromatic carbocycles. The highest BCUT2D eigenvalue weighted by molar-refractivity contribution is 6.08. The average molecular weight is 372 g/mol. The van der Waals surface area contributed by atoms with Crippen LogP contribution < -0.4 is 11.0 Å². The molecule has 0 saturated heterocycles. The first kappa shape index (κ1) is 17.4. The molecular weight excluding hydrogens is 356 g/mol. The van der Waals surface area contributed by atoms with Gasteiger partial charge in [0.05, 0.1) is 21.9 Å². The number of hydrazone groups is 1. The molecule has 4 aromatic rings. The molecule has 0 aliphatic rings. The Balaban J connectivity index is 1.71. The number of hydrogen-bond acceptors (Lipinski definition) is 6. The van der Waals surface area contributed by atoms with Crippen LogP contribution in [0, 0.1) is 15.5 Å². The summed E-state index contributed by atoms with van der Waals surface area (Å²) in [6.45, 7) is 1.78. The second-order valence-electron chi connectivity index (χ2n) is 6.30. The molecule has 0 saturated carbocycles. The van der Waals surface area contributed by atoms with E-state index in [1.54, 1.807) is 19.1 Å². The zero-order valence-corrected chi connectivity index (χ0v) is 15.0. The fourth-order valence-corrected chi connectivity index (χ4v) is 3.02. The van der Waals surface area contributed by atoms with Gasteiger partial charge in [0.1, 0.15) is 5.58 Å². The molecule has 7 nitrogen and oxygen atoms in total. The van der Waals surface area contributed by atoms with E-state index in [1.165, 1.54) is 12.1 Å². The molecule has 0 unspecified atom stereocenters. The van der Waals surface area contributed by atoms with Gasteiger partial charge in [-0.2, -0.15) is 5.10 Å². The zero-order chi connectivity index (χ0) is 19.7. The topological polar surface area (TPSA) is 105 Å². The van der Waals surface area contributed by atoms with Crippen LogP contribution in [0.4, 0.5) is 11.4 Å². The highest BCUT2D eigenvalue weighted by Gasteiger charge is 2.09. The van der Waals surface area contributed by atoms with E-state index < -0.39 is 4.92 Å². The Morgan fingerprint density at radius 3 is 2.57 bits per heavy atom. The maximum absolute atomic E-state index is 10.7. The molecule has 0 atom stereocenters. The molecule has 0 radical (unpaired) electrons. The lowest BCUT2D eigenvalue weighted by atomic mass is 10.0. The molecule has 28 heavy (non-hydrogen) atoms. The minimum Gasteiger partial charge on any atom is -0.438 e. The van der Waals surface area contributed by atoms with Gasteiger partial charge >= 0.3 is 0 Å². The van der Waals surface area contributed by atoms with Crippen molar-refractivity contribution in [2.75, 3.05) is 5.43 Å². The van der Waals surface area contributed by atoms with E-state index in [1.807, 2.05) is 42.5 Å². The fraction of sp³-hybridized carbons (Fsp3) is 0.0476. The molecule has 0 bridgehead atoms. The first-order chi connectivity index (χ1) is 13.5. The van der Waals surface area contributed by atoms with Gasteiger partial charge in [0.25, 0.3) is 5.69 Å². The van der Waals surface area contributed by atoms with E-state index in [0.717, 1.165) is 16.2 Å². The van der Waals surface area contributed by atoms with E-state index in [4.69, 9.17) is 9.83 Å². The highest BCUT2D eigenvalue weighted by Crippen LogP contribution is 2.25. The van der Waals surface area contributed by atoms with Crippen LogP contribution in [-0.2, 0) is 0 Å². The van der Waals surface area contributed by atoms with E-state index in [-0.39, 0.29) is 11.2 Å². The van der Waals surface area contributed by atoms with Crippen LogP contribution in [0.2, 0.25) is 0 Å². The number of nitro benzene ring substituents is 1. The molecule has 0 aliphatic carbocycles. The van der Waals surface area contributed by atoms with Gasteiger partial charge < -0.3 is 4.42 Å². The van der Waals surface area contributed by atoms with Crippen molar-refractivity contribution in [2.45, 2.75) is 6.92 Å². The van der Waals surface area contributed by atoms with Gasteiger partial charge in [0.15, 0.2) is 0 Å². The summed E-state index contributed by atoms with van der Waals surface area (Å²) in [5.74, 6) is 0. The first-order valence-electron chi connectivity index (χ1n) is 8.58. The third kappa shape index (κ3) is 3.21. The molecule has 1 aromatic heterocycles. The second kappa shape index (κ2) is 6.96. The van der Waals surface area contributed by atoms with Crippen LogP contribution >= 0.6 is 0 Å². The van der Waals surface area contributed by atoms with Gasteiger partial charge in [-0.25, -0.2) is 0 Å². The first-order valence-corrected chi connectivity index (χ1v) is 8.58. The summed E-state index contributed by atoms with van der Waals surface area (Å²) >= 11 is 0. The normalized spacial score (nSPS) is 11.7. The van der Waals surface area contributed by atoms with E-state index >= 15 is 0 Å². The summed E-state index contributed by atoms with van der Waals surface area (Å²) in [4.78, 5) is 10.3. The lowest BCUT2D eigenvalue weighted by Gasteiger charge is -2.07. The molecular formula is C21H16N4O3. The van der Waals surface area contributed by atoms with Crippen LogP contribution in [-0.4, -0.2) is 10.6 Å². The monoisotopic (exact) mass is 372 g/mol. The Morgan fingerprint density at radius 2 is 1.82 bits per heavy atom. The number of nitrogens with zero attached hydrogens (tertiary/aromatic N) is 2. The van der Waals surface area contributed by atoms with Crippen LogP contribution in [0.5, 0.6) is 0 Å². The third-order valence-corrected chi connectivity index (χ3v) is 4.50. The van der Waals surface area contributed by atoms with Crippen molar-refractivity contribution in [3.05, 3.63) is 88.0 Å². The number of hydrogen-bond donors (Lipinski definition) is 2. The van der Waals surface area contributed by atoms with E-state index in [0.29, 0.717) is 22.5 Å². The van der Waals surface area contributed by atoms with Gasteiger partial charge in [0.2, 0.25) is 5.55 Å². The van der Waals surface area contributed by atoms with Gasteiger partial charge in [-0.05, 0) is 42.0 Å². The van der Waals surface area contributed by atoms with Crippen molar-refractivity contribution >= 4 is 38.8 Å². The molecule has 4 rings (SSSR count). The predicted octanol–water partition coefficient (Wildman–Crippen LogP) is 4.81. The Morgan fingerprint density at radius 1 is 1.07 bits per heavy atom. The van der Waals surface area contributed by atoms with E-state index in [2.05, 4.69) is 10.5 Å². The van der Waals surface area contributed by atoms with Gasteiger partial charge in [-0.3, -0.25) is 20.9 Å². The van der Waals surface area contributed by atoms with Crippen molar-refractivity contribution in [3.63, 3.8) is 0 Å². The Bertz CT molecular complexity index is 1290. The van der Waals surface area contributed by atoms with Gasteiger partial charge in [-0.1, -0.05) is 30.3 Å². The maximum atomic E-state index is 10.7. The zero-order valence-electron chi connectivity index (χ0n) is 15.0. The molecule has 0 fully saturated rings. The quantitative estimate of drug-likeness (QED) is 0.232. The number of non-ortho nitro benzene ring substituents is 1. The van der Waals surface area contributed by atoms with Crippen molar-refractivity contribution in [1.29, 1.82) is 5.41 Å². The molecule has 0 spiro atoms. The molecule has 7 heteroatoms. The van der Waals surface area contributed by atoms with Gasteiger partial charge in [-0.15, -0.1) is 0 Å². The average Bonchev–Trinajstić information content (AvgIpc) is 2.71. The van der Waals surface area contributed by atoms with Crippen LogP contribution in [0.25, 0.3) is 21.7 Å². The SMILES string of the molecule is C/C(=N\Nc1ccc([N+](=O)[O-])cc1)c1cc2c(ccc3ccccc32)oc1=N. The molecule has 0 aliphatic heterocycles. The Hall–Kier alpha value is -4.00. The summed E-state index contributed by atoms with van der Waals surface area (Å²) in [5.41, 5.74) is 5.29. The van der Waals surface area contributed by atoms with E-state index in [9.17, 15) is 10.1 Å². The number of benzene rings is 3. The number of rotatable bonds is 4. The second-order valence-corrected chi connectivity index (χ2v) is 6.30. The lowest BCUT2D eigenvalue weighted by molar-refractivity contribution is -0.384. The van der Waals surface area contributed by atoms with Crippen LogP contribution in [0.1, 0.15) is 12.5 Å². The molecule has 2 N–H and O–H groups in total. The standard InChI is InChI=1S/C21H16N4O3/c1-13(23-24-15-7-9-16(10-8-15)25(26)27)18-12-19-17-5-3-2-4-14(17)6-11-20(19)28-21(18)22/h2-12,22,24H,1H3/b22-21?,23-13+. The predicted molar refractivity (Wildman–Crippen MR) is 109 cm³/mol. The number of anilines is 1. The molecule has 1 heterocycles. The van der Waals surface area contributed by atoms with Crippen molar-refractivity contribution in [3.8, 4) is 0 Å². The summed E-state index contributed by atoms with van der Waals surface area (Å²) in [7, 11) is 0. The minimum absolute atomic E-state index is 0.0138. The van der Waals surface area contributed by atoms with Crippen LogP contribution in [0.3, 0.4) is 0 Å².